The first-order chi connectivity index (χ1) is 16.9. The molecular formula is C26H32ClN3O4S. The molecule has 0 radical (unpaired) electrons. The van der Waals surface area contributed by atoms with Crippen molar-refractivity contribution in [3.05, 3.63) is 47.5 Å². The Morgan fingerprint density at radius 3 is 2.66 bits per heavy atom. The Bertz CT molecular complexity index is 1130. The molecule has 1 aliphatic rings. The van der Waals surface area contributed by atoms with Gasteiger partial charge in [0.15, 0.2) is 10.7 Å². The number of morpholine rings is 1. The number of rotatable bonds is 10. The van der Waals surface area contributed by atoms with Gasteiger partial charge in [0.1, 0.15) is 17.0 Å². The maximum absolute atomic E-state index is 13.9. The smallest absolute Gasteiger partial charge is 0.272 e. The number of benzene rings is 2. The van der Waals surface area contributed by atoms with Gasteiger partial charge in [-0.15, -0.1) is 0 Å². The quantitative estimate of drug-likeness (QED) is 0.365. The average molecular weight is 518 g/mol. The summed E-state index contributed by atoms with van der Waals surface area (Å²) in [5.74, 6) is 1.17. The summed E-state index contributed by atoms with van der Waals surface area (Å²) < 4.78 is 18.3. The van der Waals surface area contributed by atoms with Crippen LogP contribution >= 0.6 is 22.9 Å². The molecule has 0 bridgehead atoms. The third kappa shape index (κ3) is 6.44. The lowest BCUT2D eigenvalue weighted by atomic mass is 10.1. The van der Waals surface area contributed by atoms with Crippen LogP contribution in [-0.4, -0.2) is 67.4 Å². The van der Waals surface area contributed by atoms with Crippen LogP contribution in [0.4, 0.5) is 5.13 Å². The summed E-state index contributed by atoms with van der Waals surface area (Å²) in [5, 5.41) is 1.26. The Morgan fingerprint density at radius 2 is 1.94 bits per heavy atom. The number of fused-ring (bicyclic) bond motifs is 1. The first-order valence-electron chi connectivity index (χ1n) is 12.0. The highest BCUT2D eigenvalue weighted by Gasteiger charge is 2.36. The number of thiazole rings is 1. The van der Waals surface area contributed by atoms with Crippen LogP contribution in [0.5, 0.6) is 11.5 Å². The third-order valence-corrected chi connectivity index (χ3v) is 7.10. The maximum atomic E-state index is 13.9. The van der Waals surface area contributed by atoms with Crippen molar-refractivity contribution >= 4 is 44.2 Å². The molecule has 4 rings (SSSR count). The van der Waals surface area contributed by atoms with Gasteiger partial charge in [0, 0.05) is 31.2 Å². The summed E-state index contributed by atoms with van der Waals surface area (Å²) in [7, 11) is 0. The molecule has 0 saturated carbocycles. The first kappa shape index (κ1) is 25.7. The molecule has 9 heteroatoms. The van der Waals surface area contributed by atoms with E-state index in [1.54, 1.807) is 43.0 Å². The molecule has 1 fully saturated rings. The normalized spacial score (nSPS) is 14.7. The Hall–Kier alpha value is -2.39. The molecule has 0 N–H and O–H groups in total. The lowest BCUT2D eigenvalue weighted by Gasteiger charge is -2.32. The van der Waals surface area contributed by atoms with Gasteiger partial charge in [-0.2, -0.15) is 0 Å². The van der Waals surface area contributed by atoms with Gasteiger partial charge in [0.2, 0.25) is 0 Å². The van der Waals surface area contributed by atoms with Crippen molar-refractivity contribution in [3.8, 4) is 11.5 Å². The number of aromatic nitrogens is 1. The first-order valence-corrected chi connectivity index (χ1v) is 13.2. The lowest BCUT2D eigenvalue weighted by Crippen LogP contribution is -2.50. The van der Waals surface area contributed by atoms with Crippen LogP contribution in [0.3, 0.4) is 0 Å². The van der Waals surface area contributed by atoms with Gasteiger partial charge >= 0.3 is 0 Å². The minimum atomic E-state index is -1.10. The van der Waals surface area contributed by atoms with Gasteiger partial charge in [0.25, 0.3) is 5.91 Å². The van der Waals surface area contributed by atoms with Crippen LogP contribution in [-0.2, 0) is 9.53 Å². The van der Waals surface area contributed by atoms with E-state index in [1.807, 2.05) is 25.1 Å². The van der Waals surface area contributed by atoms with Gasteiger partial charge in [-0.05, 0) is 63.6 Å². The Labute approximate surface area is 215 Å². The molecule has 2 heterocycles. The van der Waals surface area contributed by atoms with Gasteiger partial charge < -0.3 is 14.2 Å². The minimum absolute atomic E-state index is 0.147. The predicted molar refractivity (Wildman–Crippen MR) is 141 cm³/mol. The van der Waals surface area contributed by atoms with Crippen LogP contribution in [0.1, 0.15) is 27.2 Å². The Morgan fingerprint density at radius 1 is 1.20 bits per heavy atom. The van der Waals surface area contributed by atoms with Gasteiger partial charge in [0.05, 0.1) is 24.5 Å². The summed E-state index contributed by atoms with van der Waals surface area (Å²) in [6.07, 6.45) is 0.816. The van der Waals surface area contributed by atoms with Crippen molar-refractivity contribution in [3.63, 3.8) is 0 Å². The predicted octanol–water partition coefficient (Wildman–Crippen LogP) is 5.26. The fourth-order valence-electron chi connectivity index (χ4n) is 4.03. The molecule has 0 unspecified atom stereocenters. The fourth-order valence-corrected chi connectivity index (χ4v) is 5.16. The van der Waals surface area contributed by atoms with E-state index in [0.29, 0.717) is 29.1 Å². The van der Waals surface area contributed by atoms with Crippen molar-refractivity contribution < 1.29 is 19.0 Å². The molecule has 1 amide bonds. The van der Waals surface area contributed by atoms with Crippen LogP contribution in [0, 0.1) is 0 Å². The van der Waals surface area contributed by atoms with E-state index in [0.717, 1.165) is 55.2 Å². The fraction of sp³-hybridized carbons (Fsp3) is 0.462. The van der Waals surface area contributed by atoms with E-state index in [-0.39, 0.29) is 5.91 Å². The number of ether oxygens (including phenoxy) is 3. The highest BCUT2D eigenvalue weighted by Crippen LogP contribution is 2.35. The van der Waals surface area contributed by atoms with Crippen LogP contribution in [0.25, 0.3) is 10.2 Å². The van der Waals surface area contributed by atoms with E-state index in [9.17, 15) is 4.79 Å². The minimum Gasteiger partial charge on any atom is -0.492 e. The lowest BCUT2D eigenvalue weighted by molar-refractivity contribution is -0.131. The van der Waals surface area contributed by atoms with Crippen molar-refractivity contribution in [2.45, 2.75) is 32.8 Å². The van der Waals surface area contributed by atoms with Gasteiger partial charge in [-0.25, -0.2) is 4.98 Å². The van der Waals surface area contributed by atoms with E-state index >= 15 is 0 Å². The third-order valence-electron chi connectivity index (χ3n) is 5.81. The second-order valence-corrected chi connectivity index (χ2v) is 10.3. The highest BCUT2D eigenvalue weighted by atomic mass is 35.5. The molecule has 188 valence electrons. The van der Waals surface area contributed by atoms with E-state index < -0.39 is 5.60 Å². The Kier molecular flexibility index (Phi) is 8.49. The largest absolute Gasteiger partial charge is 0.492 e. The SMILES string of the molecule is CCOc1cccc2sc(N(CCCN3CCOCC3)C(=O)C(C)(C)Oc3ccc(Cl)cc3)nc12. The van der Waals surface area contributed by atoms with Crippen molar-refractivity contribution in [2.75, 3.05) is 50.9 Å². The summed E-state index contributed by atoms with van der Waals surface area (Å²) in [4.78, 5) is 22.9. The standard InChI is InChI=1S/C26H32ClN3O4S/c1-4-33-21-7-5-8-22-23(21)28-25(35-22)30(14-6-13-29-15-17-32-18-16-29)24(31)26(2,3)34-20-11-9-19(27)10-12-20/h5,7-12H,4,6,13-18H2,1-3H3. The second kappa shape index (κ2) is 11.6. The molecular weight excluding hydrogens is 486 g/mol. The molecule has 1 saturated heterocycles. The molecule has 3 aromatic rings. The molecule has 35 heavy (non-hydrogen) atoms. The molecule has 0 spiro atoms. The monoisotopic (exact) mass is 517 g/mol. The number of carbonyl (C=O) groups is 1. The zero-order valence-electron chi connectivity index (χ0n) is 20.5. The summed E-state index contributed by atoms with van der Waals surface area (Å²) in [5.41, 5.74) is -0.329. The maximum Gasteiger partial charge on any atom is 0.272 e. The molecule has 1 aliphatic heterocycles. The van der Waals surface area contributed by atoms with Crippen molar-refractivity contribution in [1.29, 1.82) is 0 Å². The topological polar surface area (TPSA) is 64.1 Å². The number of anilines is 1. The Balaban J connectivity index is 1.58. The second-order valence-electron chi connectivity index (χ2n) is 8.86. The summed E-state index contributed by atoms with van der Waals surface area (Å²) in [6, 6.07) is 12.9. The zero-order chi connectivity index (χ0) is 24.8. The van der Waals surface area contributed by atoms with Crippen molar-refractivity contribution in [2.24, 2.45) is 0 Å². The van der Waals surface area contributed by atoms with E-state index in [2.05, 4.69) is 4.90 Å². The van der Waals surface area contributed by atoms with Gasteiger partial charge in [-0.1, -0.05) is 29.0 Å². The number of halogens is 1. The molecule has 1 aromatic heterocycles. The average Bonchev–Trinajstić information content (AvgIpc) is 3.29. The number of nitrogens with zero attached hydrogens (tertiary/aromatic N) is 3. The summed E-state index contributed by atoms with van der Waals surface area (Å²) in [6.45, 7) is 10.8. The van der Waals surface area contributed by atoms with Crippen LogP contribution in [0.15, 0.2) is 42.5 Å². The zero-order valence-corrected chi connectivity index (χ0v) is 22.0. The summed E-state index contributed by atoms with van der Waals surface area (Å²) >= 11 is 7.50. The number of para-hydroxylation sites is 1. The van der Waals surface area contributed by atoms with E-state index in [1.165, 1.54) is 11.3 Å². The number of hydrogen-bond acceptors (Lipinski definition) is 7. The molecule has 7 nitrogen and oxygen atoms in total. The number of amides is 1. The van der Waals surface area contributed by atoms with Gasteiger partial charge in [-0.3, -0.25) is 14.6 Å². The number of hydrogen-bond donors (Lipinski definition) is 0. The highest BCUT2D eigenvalue weighted by molar-refractivity contribution is 7.22. The van der Waals surface area contributed by atoms with E-state index in [4.69, 9.17) is 30.8 Å². The molecule has 0 atom stereocenters. The van der Waals surface area contributed by atoms with Crippen LogP contribution in [0.2, 0.25) is 5.02 Å². The molecule has 0 aliphatic carbocycles. The van der Waals surface area contributed by atoms with Crippen LogP contribution < -0.4 is 14.4 Å². The van der Waals surface area contributed by atoms with Crippen molar-refractivity contribution in [1.82, 2.24) is 9.88 Å². The molecule has 2 aromatic carbocycles. The number of carbonyl (C=O) groups excluding carboxylic acids is 1.